The van der Waals surface area contributed by atoms with Gasteiger partial charge in [-0.25, -0.2) is 0 Å². The van der Waals surface area contributed by atoms with Crippen molar-refractivity contribution in [3.05, 3.63) is 90.0 Å². The highest BCUT2D eigenvalue weighted by atomic mass is 16.5. The van der Waals surface area contributed by atoms with Crippen molar-refractivity contribution >= 4 is 29.3 Å². The molecule has 160 valence electrons. The number of nitrogens with one attached hydrogen (secondary N) is 2. The van der Waals surface area contributed by atoms with Crippen LogP contribution in [0.15, 0.2) is 84.4 Å². The molecule has 2 N–H and O–H groups in total. The number of carbonyl (C=O) groups is 2. The van der Waals surface area contributed by atoms with Crippen LogP contribution < -0.4 is 20.1 Å². The summed E-state index contributed by atoms with van der Waals surface area (Å²) in [6.07, 6.45) is 1.42. The highest BCUT2D eigenvalue weighted by molar-refractivity contribution is 6.09. The topological polar surface area (TPSA) is 100 Å². The minimum absolute atomic E-state index is 0.0941. The summed E-state index contributed by atoms with van der Waals surface area (Å²) in [6, 6.07) is 24.6. The van der Waals surface area contributed by atoms with Gasteiger partial charge >= 0.3 is 0 Å². The van der Waals surface area contributed by atoms with Crippen LogP contribution in [0, 0.1) is 11.3 Å². The van der Waals surface area contributed by atoms with Crippen LogP contribution in [0.1, 0.15) is 5.56 Å². The quantitative estimate of drug-likeness (QED) is 0.413. The largest absolute Gasteiger partial charge is 0.495 e. The van der Waals surface area contributed by atoms with Crippen molar-refractivity contribution in [3.8, 4) is 17.6 Å². The predicted molar refractivity (Wildman–Crippen MR) is 122 cm³/mol. The van der Waals surface area contributed by atoms with E-state index in [4.69, 9.17) is 9.47 Å². The Morgan fingerprint density at radius 3 is 2.28 bits per heavy atom. The number of carbonyl (C=O) groups excluding carboxylic acids is 2. The van der Waals surface area contributed by atoms with E-state index in [1.54, 1.807) is 72.8 Å². The summed E-state index contributed by atoms with van der Waals surface area (Å²) < 4.78 is 10.9. The zero-order valence-corrected chi connectivity index (χ0v) is 17.4. The maximum Gasteiger partial charge on any atom is 0.266 e. The minimum Gasteiger partial charge on any atom is -0.495 e. The molecule has 0 aromatic heterocycles. The second-order valence-electron chi connectivity index (χ2n) is 6.56. The van der Waals surface area contributed by atoms with Crippen molar-refractivity contribution in [2.24, 2.45) is 0 Å². The van der Waals surface area contributed by atoms with Crippen molar-refractivity contribution < 1.29 is 19.1 Å². The summed E-state index contributed by atoms with van der Waals surface area (Å²) in [5, 5.41) is 14.9. The molecule has 0 atom stereocenters. The Morgan fingerprint density at radius 1 is 0.906 bits per heavy atom. The number of ether oxygens (including phenoxy) is 2. The number of benzene rings is 3. The van der Waals surface area contributed by atoms with E-state index in [0.717, 1.165) is 0 Å². The average Bonchev–Trinajstić information content (AvgIpc) is 2.82. The molecule has 0 radical (unpaired) electrons. The van der Waals surface area contributed by atoms with Crippen molar-refractivity contribution in [3.63, 3.8) is 0 Å². The highest BCUT2D eigenvalue weighted by Gasteiger charge is 2.13. The number of nitriles is 1. The van der Waals surface area contributed by atoms with Gasteiger partial charge in [0.25, 0.3) is 11.8 Å². The first-order valence-corrected chi connectivity index (χ1v) is 9.73. The molecule has 0 heterocycles. The van der Waals surface area contributed by atoms with Gasteiger partial charge in [-0.2, -0.15) is 5.26 Å². The number of hydrogen-bond acceptors (Lipinski definition) is 5. The van der Waals surface area contributed by atoms with Gasteiger partial charge in [-0.3, -0.25) is 9.59 Å². The molecule has 0 aliphatic rings. The standard InChI is InChI=1S/C25H21N3O4/c1-31-23-14-8-6-12-21(23)28-24(29)17-32-22-13-7-5-9-18(22)15-19(16-26)25(30)27-20-10-3-2-4-11-20/h2-15H,17H2,1H3,(H,27,30)(H,28,29)/b19-15+. The summed E-state index contributed by atoms with van der Waals surface area (Å²) in [5.74, 6) is -0.0201. The number of amides is 2. The number of methoxy groups -OCH3 is 1. The lowest BCUT2D eigenvalue weighted by atomic mass is 10.1. The third kappa shape index (κ3) is 5.97. The molecule has 3 aromatic rings. The Kier molecular flexibility index (Phi) is 7.60. The van der Waals surface area contributed by atoms with Gasteiger partial charge in [0.1, 0.15) is 23.1 Å². The van der Waals surface area contributed by atoms with Crippen molar-refractivity contribution in [1.29, 1.82) is 5.26 Å². The fraction of sp³-hybridized carbons (Fsp3) is 0.0800. The summed E-state index contributed by atoms with van der Waals surface area (Å²) >= 11 is 0. The minimum atomic E-state index is -0.539. The summed E-state index contributed by atoms with van der Waals surface area (Å²) in [7, 11) is 1.52. The fourth-order valence-electron chi connectivity index (χ4n) is 2.83. The van der Waals surface area contributed by atoms with E-state index in [9.17, 15) is 14.9 Å². The van der Waals surface area contributed by atoms with Gasteiger partial charge in [-0.15, -0.1) is 0 Å². The monoisotopic (exact) mass is 427 g/mol. The first-order valence-electron chi connectivity index (χ1n) is 9.73. The Labute approximate surface area is 185 Å². The lowest BCUT2D eigenvalue weighted by Crippen LogP contribution is -2.20. The van der Waals surface area contributed by atoms with E-state index < -0.39 is 5.91 Å². The third-order valence-electron chi connectivity index (χ3n) is 4.36. The predicted octanol–water partition coefficient (Wildman–Crippen LogP) is 4.26. The third-order valence-corrected chi connectivity index (χ3v) is 4.36. The molecular formula is C25H21N3O4. The fourth-order valence-corrected chi connectivity index (χ4v) is 2.83. The van der Waals surface area contributed by atoms with Crippen LogP contribution >= 0.6 is 0 Å². The van der Waals surface area contributed by atoms with Crippen molar-refractivity contribution in [2.75, 3.05) is 24.4 Å². The van der Waals surface area contributed by atoms with Crippen molar-refractivity contribution in [1.82, 2.24) is 0 Å². The van der Waals surface area contributed by atoms with E-state index >= 15 is 0 Å². The second kappa shape index (κ2) is 11.0. The molecule has 0 unspecified atom stereocenters. The smallest absolute Gasteiger partial charge is 0.266 e. The molecule has 0 bridgehead atoms. The van der Waals surface area contributed by atoms with Crippen LogP contribution in [0.3, 0.4) is 0 Å². The van der Waals surface area contributed by atoms with E-state index in [-0.39, 0.29) is 18.1 Å². The molecular weight excluding hydrogens is 406 g/mol. The van der Waals surface area contributed by atoms with Crippen LogP contribution in [0.2, 0.25) is 0 Å². The molecule has 0 aliphatic heterocycles. The van der Waals surface area contributed by atoms with Crippen LogP contribution in [-0.2, 0) is 9.59 Å². The van der Waals surface area contributed by atoms with Crippen LogP contribution in [-0.4, -0.2) is 25.5 Å². The SMILES string of the molecule is COc1ccccc1NC(=O)COc1ccccc1/C=C(\C#N)C(=O)Nc1ccccc1. The number of nitrogens with zero attached hydrogens (tertiary/aromatic N) is 1. The van der Waals surface area contributed by atoms with Gasteiger partial charge in [-0.1, -0.05) is 48.5 Å². The van der Waals surface area contributed by atoms with Gasteiger partial charge in [-0.05, 0) is 36.4 Å². The molecule has 2 amide bonds. The van der Waals surface area contributed by atoms with Crippen LogP contribution in [0.4, 0.5) is 11.4 Å². The average molecular weight is 427 g/mol. The molecule has 3 aromatic carbocycles. The molecule has 7 nitrogen and oxygen atoms in total. The van der Waals surface area contributed by atoms with E-state index in [0.29, 0.717) is 28.4 Å². The molecule has 0 fully saturated rings. The summed E-state index contributed by atoms with van der Waals surface area (Å²) in [6.45, 7) is -0.263. The van der Waals surface area contributed by atoms with E-state index in [1.165, 1.54) is 13.2 Å². The molecule has 0 spiro atoms. The number of para-hydroxylation sites is 4. The summed E-state index contributed by atoms with van der Waals surface area (Å²) in [5.41, 5.74) is 1.51. The number of anilines is 2. The van der Waals surface area contributed by atoms with Gasteiger partial charge in [0.15, 0.2) is 6.61 Å². The zero-order valence-electron chi connectivity index (χ0n) is 17.4. The van der Waals surface area contributed by atoms with E-state index in [2.05, 4.69) is 10.6 Å². The normalized spacial score (nSPS) is 10.6. The van der Waals surface area contributed by atoms with Crippen LogP contribution in [0.5, 0.6) is 11.5 Å². The molecule has 0 saturated heterocycles. The Balaban J connectivity index is 1.70. The molecule has 0 aliphatic carbocycles. The molecule has 0 saturated carbocycles. The zero-order chi connectivity index (χ0) is 22.8. The lowest BCUT2D eigenvalue weighted by Gasteiger charge is -2.12. The highest BCUT2D eigenvalue weighted by Crippen LogP contribution is 2.24. The Morgan fingerprint density at radius 2 is 1.56 bits per heavy atom. The maximum absolute atomic E-state index is 12.5. The van der Waals surface area contributed by atoms with Gasteiger partial charge < -0.3 is 20.1 Å². The number of hydrogen-bond donors (Lipinski definition) is 2. The van der Waals surface area contributed by atoms with E-state index in [1.807, 2.05) is 12.1 Å². The molecule has 7 heteroatoms. The van der Waals surface area contributed by atoms with Crippen molar-refractivity contribution in [2.45, 2.75) is 0 Å². The summed E-state index contributed by atoms with van der Waals surface area (Å²) in [4.78, 5) is 24.8. The maximum atomic E-state index is 12.5. The Hall–Kier alpha value is -4.57. The van der Waals surface area contributed by atoms with Gasteiger partial charge in [0, 0.05) is 11.3 Å². The molecule has 3 rings (SSSR count). The first kappa shape index (κ1) is 22.1. The van der Waals surface area contributed by atoms with Crippen LogP contribution in [0.25, 0.3) is 6.08 Å². The second-order valence-corrected chi connectivity index (χ2v) is 6.56. The molecule has 32 heavy (non-hydrogen) atoms. The number of rotatable bonds is 8. The van der Waals surface area contributed by atoms with Gasteiger partial charge in [0.05, 0.1) is 12.8 Å². The first-order chi connectivity index (χ1) is 15.6. The Bertz CT molecular complexity index is 1170. The lowest BCUT2D eigenvalue weighted by molar-refractivity contribution is -0.118. The van der Waals surface area contributed by atoms with Gasteiger partial charge in [0.2, 0.25) is 0 Å².